The Morgan fingerprint density at radius 1 is 1.44 bits per heavy atom. The van der Waals surface area contributed by atoms with Gasteiger partial charge in [-0.1, -0.05) is 13.8 Å². The summed E-state index contributed by atoms with van der Waals surface area (Å²) < 4.78 is 0. The maximum atomic E-state index is 11.8. The third kappa shape index (κ3) is 2.05. The fraction of sp³-hybridized carbons (Fsp3) is 0.727. The fourth-order valence-electron chi connectivity index (χ4n) is 2.01. The van der Waals surface area contributed by atoms with E-state index in [1.54, 1.807) is 0 Å². The Hall–Kier alpha value is -1.63. The van der Waals surface area contributed by atoms with E-state index in [4.69, 9.17) is 0 Å². The SMILES string of the molecule is CC(C)C1(O)CN(C(=O)CN2C(=O)CNC2=O)C1. The number of imide groups is 1. The molecular weight excluding hydrogens is 238 g/mol. The number of rotatable bonds is 3. The number of nitrogens with one attached hydrogen (secondary N) is 1. The van der Waals surface area contributed by atoms with Crippen LogP contribution < -0.4 is 5.32 Å². The molecule has 0 saturated carbocycles. The molecule has 2 heterocycles. The van der Waals surface area contributed by atoms with Gasteiger partial charge in [-0.3, -0.25) is 14.5 Å². The Labute approximate surface area is 105 Å². The fourth-order valence-corrected chi connectivity index (χ4v) is 2.01. The molecule has 2 fully saturated rings. The average molecular weight is 255 g/mol. The van der Waals surface area contributed by atoms with Gasteiger partial charge in [-0.05, 0) is 5.92 Å². The van der Waals surface area contributed by atoms with E-state index in [1.807, 2.05) is 13.8 Å². The molecule has 0 atom stereocenters. The van der Waals surface area contributed by atoms with E-state index in [1.165, 1.54) is 4.90 Å². The zero-order chi connectivity index (χ0) is 13.5. The first-order valence-corrected chi connectivity index (χ1v) is 5.92. The second kappa shape index (κ2) is 4.24. The molecule has 2 aliphatic heterocycles. The van der Waals surface area contributed by atoms with Crippen molar-refractivity contribution in [2.45, 2.75) is 19.4 Å². The van der Waals surface area contributed by atoms with Crippen molar-refractivity contribution in [3.05, 3.63) is 0 Å². The van der Waals surface area contributed by atoms with E-state index in [9.17, 15) is 19.5 Å². The molecule has 2 N–H and O–H groups in total. The molecule has 0 bridgehead atoms. The highest BCUT2D eigenvalue weighted by atomic mass is 16.3. The second-order valence-corrected chi connectivity index (χ2v) is 5.15. The van der Waals surface area contributed by atoms with Crippen LogP contribution in [0.25, 0.3) is 0 Å². The Morgan fingerprint density at radius 3 is 2.50 bits per heavy atom. The molecule has 0 radical (unpaired) electrons. The summed E-state index contributed by atoms with van der Waals surface area (Å²) >= 11 is 0. The van der Waals surface area contributed by atoms with Crippen LogP contribution in [0.4, 0.5) is 4.79 Å². The lowest BCUT2D eigenvalue weighted by atomic mass is 9.83. The number of carbonyl (C=O) groups excluding carboxylic acids is 3. The number of hydrogen-bond donors (Lipinski definition) is 2. The van der Waals surface area contributed by atoms with Crippen LogP contribution in [0.3, 0.4) is 0 Å². The normalized spacial score (nSPS) is 22.2. The number of β-amino-alcohol motifs (C(OH)–C–C–N with tert-alkyl or cyclic N) is 1. The van der Waals surface area contributed by atoms with Gasteiger partial charge in [0.1, 0.15) is 12.1 Å². The third-order valence-electron chi connectivity index (χ3n) is 3.59. The van der Waals surface area contributed by atoms with Crippen molar-refractivity contribution in [2.24, 2.45) is 5.92 Å². The summed E-state index contributed by atoms with van der Waals surface area (Å²) in [5, 5.41) is 12.4. The second-order valence-electron chi connectivity index (χ2n) is 5.15. The zero-order valence-electron chi connectivity index (χ0n) is 10.5. The Morgan fingerprint density at radius 2 is 2.06 bits per heavy atom. The minimum atomic E-state index is -0.840. The molecule has 0 unspecified atom stereocenters. The van der Waals surface area contributed by atoms with Gasteiger partial charge in [-0.25, -0.2) is 4.79 Å². The van der Waals surface area contributed by atoms with Crippen molar-refractivity contribution in [3.8, 4) is 0 Å². The number of amides is 4. The number of urea groups is 1. The van der Waals surface area contributed by atoms with Crippen molar-refractivity contribution < 1.29 is 19.5 Å². The zero-order valence-corrected chi connectivity index (χ0v) is 10.5. The third-order valence-corrected chi connectivity index (χ3v) is 3.59. The highest BCUT2D eigenvalue weighted by molar-refractivity contribution is 6.04. The first-order chi connectivity index (χ1) is 8.33. The molecule has 100 valence electrons. The molecule has 2 aliphatic rings. The molecule has 7 heteroatoms. The van der Waals surface area contributed by atoms with Crippen molar-refractivity contribution in [1.82, 2.24) is 15.1 Å². The van der Waals surface area contributed by atoms with Crippen LogP contribution in [0.15, 0.2) is 0 Å². The van der Waals surface area contributed by atoms with E-state index in [-0.39, 0.29) is 38.0 Å². The Kier molecular flexibility index (Phi) is 3.02. The molecule has 4 amide bonds. The van der Waals surface area contributed by atoms with E-state index in [0.717, 1.165) is 4.90 Å². The molecule has 0 aromatic heterocycles. The van der Waals surface area contributed by atoms with Crippen LogP contribution in [0.2, 0.25) is 0 Å². The van der Waals surface area contributed by atoms with Crippen molar-refractivity contribution in [1.29, 1.82) is 0 Å². The smallest absolute Gasteiger partial charge is 0.325 e. The molecule has 2 saturated heterocycles. The summed E-state index contributed by atoms with van der Waals surface area (Å²) in [6, 6.07) is -0.534. The molecule has 0 aromatic carbocycles. The molecule has 18 heavy (non-hydrogen) atoms. The van der Waals surface area contributed by atoms with Gasteiger partial charge >= 0.3 is 6.03 Å². The summed E-state index contributed by atoms with van der Waals surface area (Å²) in [7, 11) is 0. The van der Waals surface area contributed by atoms with Gasteiger partial charge in [0.2, 0.25) is 5.91 Å². The maximum absolute atomic E-state index is 11.8. The summed E-state index contributed by atoms with van der Waals surface area (Å²) in [6.45, 7) is 3.99. The highest BCUT2D eigenvalue weighted by Gasteiger charge is 2.46. The first-order valence-electron chi connectivity index (χ1n) is 5.92. The lowest BCUT2D eigenvalue weighted by Crippen LogP contribution is -2.67. The molecule has 7 nitrogen and oxygen atoms in total. The van der Waals surface area contributed by atoms with Gasteiger partial charge in [0, 0.05) is 0 Å². The topological polar surface area (TPSA) is 89.9 Å². The minimum Gasteiger partial charge on any atom is -0.386 e. The summed E-state index contributed by atoms with van der Waals surface area (Å²) in [5.41, 5.74) is -0.840. The molecule has 2 rings (SSSR count). The Balaban J connectivity index is 1.88. The molecule has 0 spiro atoms. The number of likely N-dealkylation sites (tertiary alicyclic amines) is 1. The molecule has 0 aliphatic carbocycles. The van der Waals surface area contributed by atoms with Gasteiger partial charge in [0.05, 0.1) is 19.6 Å². The van der Waals surface area contributed by atoms with Crippen molar-refractivity contribution >= 4 is 17.8 Å². The number of carbonyl (C=O) groups is 3. The van der Waals surface area contributed by atoms with Crippen LogP contribution in [0.1, 0.15) is 13.8 Å². The number of aliphatic hydroxyl groups is 1. The van der Waals surface area contributed by atoms with Crippen molar-refractivity contribution in [3.63, 3.8) is 0 Å². The quantitative estimate of drug-likeness (QED) is 0.618. The van der Waals surface area contributed by atoms with Gasteiger partial charge in [-0.15, -0.1) is 0 Å². The van der Waals surface area contributed by atoms with Crippen molar-refractivity contribution in [2.75, 3.05) is 26.2 Å². The van der Waals surface area contributed by atoms with Gasteiger partial charge in [0.25, 0.3) is 5.91 Å². The standard InChI is InChI=1S/C11H17N3O4/c1-7(2)11(18)5-13(6-11)9(16)4-14-8(15)3-12-10(14)17/h7,18H,3-6H2,1-2H3,(H,12,17). The maximum Gasteiger partial charge on any atom is 0.325 e. The average Bonchev–Trinajstić information content (AvgIpc) is 2.56. The predicted molar refractivity (Wildman–Crippen MR) is 61.5 cm³/mol. The lowest BCUT2D eigenvalue weighted by Gasteiger charge is -2.49. The number of nitrogens with zero attached hydrogens (tertiary/aromatic N) is 2. The van der Waals surface area contributed by atoms with Crippen LogP contribution in [0, 0.1) is 5.92 Å². The summed E-state index contributed by atoms with van der Waals surface area (Å²) in [5.74, 6) is -0.642. The lowest BCUT2D eigenvalue weighted by molar-refractivity contribution is -0.164. The van der Waals surface area contributed by atoms with E-state index >= 15 is 0 Å². The van der Waals surface area contributed by atoms with E-state index in [2.05, 4.69) is 5.32 Å². The highest BCUT2D eigenvalue weighted by Crippen LogP contribution is 2.28. The largest absolute Gasteiger partial charge is 0.386 e. The molecule has 0 aromatic rings. The van der Waals surface area contributed by atoms with Gasteiger partial charge in [-0.2, -0.15) is 0 Å². The van der Waals surface area contributed by atoms with Crippen LogP contribution in [-0.4, -0.2) is 64.5 Å². The van der Waals surface area contributed by atoms with Gasteiger partial charge < -0.3 is 15.3 Å². The first kappa shape index (κ1) is 12.8. The minimum absolute atomic E-state index is 0.0535. The predicted octanol–water partition coefficient (Wildman–Crippen LogP) is -1.23. The van der Waals surface area contributed by atoms with Crippen LogP contribution in [0.5, 0.6) is 0 Å². The summed E-state index contributed by atoms with van der Waals surface area (Å²) in [4.78, 5) is 36.7. The van der Waals surface area contributed by atoms with Crippen LogP contribution in [-0.2, 0) is 9.59 Å². The van der Waals surface area contributed by atoms with E-state index in [0.29, 0.717) is 0 Å². The van der Waals surface area contributed by atoms with E-state index < -0.39 is 17.5 Å². The summed E-state index contributed by atoms with van der Waals surface area (Å²) in [6.07, 6.45) is 0. The molecular formula is C11H17N3O4. The number of hydrogen-bond acceptors (Lipinski definition) is 4. The van der Waals surface area contributed by atoms with Crippen LogP contribution >= 0.6 is 0 Å². The van der Waals surface area contributed by atoms with Gasteiger partial charge in [0.15, 0.2) is 0 Å². The monoisotopic (exact) mass is 255 g/mol. The Bertz CT molecular complexity index is 385.